The van der Waals surface area contributed by atoms with Gasteiger partial charge in [-0.15, -0.1) is 0 Å². The molecule has 6 nitrogen and oxygen atoms in total. The number of β-lactam (4-membered cyclic amide) rings is 1. The van der Waals surface area contributed by atoms with Crippen molar-refractivity contribution in [2.45, 2.75) is 37.3 Å². The highest BCUT2D eigenvalue weighted by atomic mass is 19.1. The number of amides is 1. The minimum atomic E-state index is -0.814. The van der Waals surface area contributed by atoms with Crippen molar-refractivity contribution in [2.75, 3.05) is 24.7 Å². The van der Waals surface area contributed by atoms with Gasteiger partial charge in [-0.05, 0) is 54.8 Å². The fourth-order valence-corrected chi connectivity index (χ4v) is 4.07. The summed E-state index contributed by atoms with van der Waals surface area (Å²) in [4.78, 5) is 24.8. The maximum atomic E-state index is 13.2. The first-order valence-electron chi connectivity index (χ1n) is 10.2. The smallest absolute Gasteiger partial charge is 0.305 e. The molecule has 2 saturated heterocycles. The number of hydrogen-bond acceptors (Lipinski definition) is 4. The Hall–Kier alpha value is -2.77. The fraction of sp³-hybridized carbons (Fsp3) is 0.391. The molecular weight excluding hydrogens is 387 g/mol. The van der Waals surface area contributed by atoms with Gasteiger partial charge in [-0.2, -0.15) is 0 Å². The van der Waals surface area contributed by atoms with E-state index < -0.39 is 11.5 Å². The van der Waals surface area contributed by atoms with Crippen LogP contribution in [0, 0.1) is 5.82 Å². The predicted molar refractivity (Wildman–Crippen MR) is 110 cm³/mol. The number of ether oxygens (including phenoxy) is 1. The Morgan fingerprint density at radius 3 is 2.43 bits per heavy atom. The first-order chi connectivity index (χ1) is 14.5. The van der Waals surface area contributed by atoms with Gasteiger partial charge in [0.25, 0.3) is 0 Å². The fourth-order valence-electron chi connectivity index (χ4n) is 4.07. The molecule has 4 rings (SSSR count). The third-order valence-corrected chi connectivity index (χ3v) is 5.81. The average molecular weight is 412 g/mol. The number of aliphatic carboxylic acids is 1. The Bertz CT molecular complexity index is 910. The Labute approximate surface area is 174 Å². The van der Waals surface area contributed by atoms with Crippen molar-refractivity contribution in [3.63, 3.8) is 0 Å². The van der Waals surface area contributed by atoms with Gasteiger partial charge in [-0.3, -0.25) is 9.59 Å². The number of hydrogen-bond donors (Lipinski definition) is 2. The van der Waals surface area contributed by atoms with Gasteiger partial charge in [0.15, 0.2) is 0 Å². The van der Waals surface area contributed by atoms with Gasteiger partial charge < -0.3 is 20.1 Å². The van der Waals surface area contributed by atoms with Crippen LogP contribution >= 0.6 is 0 Å². The molecule has 0 saturated carbocycles. The summed E-state index contributed by atoms with van der Waals surface area (Å²) < 4.78 is 18.4. The third kappa shape index (κ3) is 4.37. The summed E-state index contributed by atoms with van der Waals surface area (Å²) in [6, 6.07) is 14.2. The van der Waals surface area contributed by atoms with Crippen LogP contribution in [0.3, 0.4) is 0 Å². The molecule has 30 heavy (non-hydrogen) atoms. The number of carbonyl (C=O) groups is 2. The molecule has 2 aliphatic heterocycles. The number of aryl methyl sites for hydroxylation is 1. The van der Waals surface area contributed by atoms with E-state index in [2.05, 4.69) is 17.4 Å². The number of carboxylic acids is 1. The van der Waals surface area contributed by atoms with Crippen molar-refractivity contribution in [2.24, 2.45) is 0 Å². The van der Waals surface area contributed by atoms with Crippen LogP contribution in [0.15, 0.2) is 48.5 Å². The number of nitrogens with zero attached hydrogens (tertiary/aromatic N) is 1. The van der Waals surface area contributed by atoms with Crippen molar-refractivity contribution >= 4 is 17.6 Å². The Balaban J connectivity index is 1.29. The molecule has 0 aliphatic carbocycles. The molecule has 0 aromatic heterocycles. The maximum absolute atomic E-state index is 13.2. The lowest BCUT2D eigenvalue weighted by molar-refractivity contribution is -0.146. The van der Waals surface area contributed by atoms with Crippen LogP contribution in [0.4, 0.5) is 10.1 Å². The maximum Gasteiger partial charge on any atom is 0.305 e. The van der Waals surface area contributed by atoms with E-state index in [9.17, 15) is 14.0 Å². The molecule has 158 valence electrons. The van der Waals surface area contributed by atoms with Crippen LogP contribution < -0.4 is 10.2 Å². The zero-order valence-electron chi connectivity index (χ0n) is 16.6. The number of rotatable bonds is 9. The second-order valence-corrected chi connectivity index (χ2v) is 8.08. The molecule has 7 heteroatoms. The zero-order valence-corrected chi connectivity index (χ0v) is 16.6. The summed E-state index contributed by atoms with van der Waals surface area (Å²) >= 11 is 0. The lowest BCUT2D eigenvalue weighted by atomic mass is 9.91. The number of carbonyl (C=O) groups excluding carboxylic acids is 1. The van der Waals surface area contributed by atoms with Crippen LogP contribution in [0.5, 0.6) is 0 Å². The first kappa shape index (κ1) is 20.5. The molecule has 1 atom stereocenters. The monoisotopic (exact) mass is 412 g/mol. The van der Waals surface area contributed by atoms with E-state index in [0.717, 1.165) is 24.9 Å². The molecule has 2 aromatic rings. The highest BCUT2D eigenvalue weighted by molar-refractivity contribution is 6.01. The van der Waals surface area contributed by atoms with E-state index in [1.807, 2.05) is 12.1 Å². The SMILES string of the molecule is O=C(O)CC1(NCCCc2ccc(C3CC(=O)N3c3ccc(F)cc3)cc2)COC1. The van der Waals surface area contributed by atoms with E-state index >= 15 is 0 Å². The molecule has 1 amide bonds. The Kier molecular flexibility index (Phi) is 5.83. The van der Waals surface area contributed by atoms with Crippen LogP contribution in [-0.2, 0) is 20.7 Å². The van der Waals surface area contributed by atoms with Gasteiger partial charge in [0, 0.05) is 5.69 Å². The standard InChI is InChI=1S/C23H25FN2O4/c24-18-7-9-19(10-8-18)26-20(12-21(26)27)17-5-3-16(4-6-17)2-1-11-25-23(13-22(28)29)14-30-15-23/h3-10,20,25H,1-2,11-15H2,(H,28,29). The van der Waals surface area contributed by atoms with Crippen molar-refractivity contribution in [3.8, 4) is 0 Å². The highest BCUT2D eigenvalue weighted by Gasteiger charge is 2.40. The van der Waals surface area contributed by atoms with Crippen molar-refractivity contribution in [3.05, 3.63) is 65.5 Å². The largest absolute Gasteiger partial charge is 0.481 e. The van der Waals surface area contributed by atoms with Gasteiger partial charge in [0.1, 0.15) is 5.82 Å². The molecule has 1 unspecified atom stereocenters. The summed E-state index contributed by atoms with van der Waals surface area (Å²) in [5, 5.41) is 12.4. The summed E-state index contributed by atoms with van der Waals surface area (Å²) in [6.07, 6.45) is 2.30. The first-order valence-corrected chi connectivity index (χ1v) is 10.2. The molecule has 2 heterocycles. The molecule has 2 aliphatic rings. The van der Waals surface area contributed by atoms with E-state index in [4.69, 9.17) is 9.84 Å². The van der Waals surface area contributed by atoms with E-state index in [-0.39, 0.29) is 24.2 Å². The molecular formula is C23H25FN2O4. The lowest BCUT2D eigenvalue weighted by Gasteiger charge is -2.41. The molecule has 2 aromatic carbocycles. The second kappa shape index (κ2) is 8.53. The molecule has 0 spiro atoms. The van der Waals surface area contributed by atoms with Gasteiger partial charge in [-0.25, -0.2) is 4.39 Å². The average Bonchev–Trinajstić information content (AvgIpc) is 2.69. The summed E-state index contributed by atoms with van der Waals surface area (Å²) in [6.45, 7) is 1.62. The van der Waals surface area contributed by atoms with Crippen LogP contribution in [-0.4, -0.2) is 42.3 Å². The van der Waals surface area contributed by atoms with Crippen LogP contribution in [0.1, 0.15) is 36.4 Å². The minimum Gasteiger partial charge on any atom is -0.481 e. The number of carboxylic acid groups (broad SMARTS) is 1. The summed E-state index contributed by atoms with van der Waals surface area (Å²) in [5.41, 5.74) is 2.54. The Morgan fingerprint density at radius 2 is 1.87 bits per heavy atom. The van der Waals surface area contributed by atoms with E-state index in [1.165, 1.54) is 17.7 Å². The minimum absolute atomic E-state index is 0.0202. The molecule has 0 radical (unpaired) electrons. The number of nitrogens with one attached hydrogen (secondary N) is 1. The lowest BCUT2D eigenvalue weighted by Crippen LogP contribution is -2.61. The zero-order chi connectivity index (χ0) is 21.1. The topological polar surface area (TPSA) is 78.9 Å². The van der Waals surface area contributed by atoms with Crippen LogP contribution in [0.25, 0.3) is 0 Å². The normalized spacial score (nSPS) is 19.8. The quantitative estimate of drug-likeness (QED) is 0.489. The van der Waals surface area contributed by atoms with Crippen molar-refractivity contribution in [1.82, 2.24) is 5.32 Å². The molecule has 0 bridgehead atoms. The number of benzene rings is 2. The van der Waals surface area contributed by atoms with Crippen molar-refractivity contribution in [1.29, 1.82) is 0 Å². The molecule has 2 N–H and O–H groups in total. The number of halogens is 1. The van der Waals surface area contributed by atoms with Crippen LogP contribution in [0.2, 0.25) is 0 Å². The summed E-state index contributed by atoms with van der Waals surface area (Å²) in [5.74, 6) is -1.09. The van der Waals surface area contributed by atoms with Gasteiger partial charge in [0.05, 0.1) is 37.6 Å². The van der Waals surface area contributed by atoms with Gasteiger partial charge in [-0.1, -0.05) is 24.3 Å². The van der Waals surface area contributed by atoms with Gasteiger partial charge in [0.2, 0.25) is 5.91 Å². The van der Waals surface area contributed by atoms with E-state index in [1.54, 1.807) is 17.0 Å². The highest BCUT2D eigenvalue weighted by Crippen LogP contribution is 2.38. The number of anilines is 1. The summed E-state index contributed by atoms with van der Waals surface area (Å²) in [7, 11) is 0. The Morgan fingerprint density at radius 1 is 1.17 bits per heavy atom. The van der Waals surface area contributed by atoms with E-state index in [0.29, 0.717) is 25.3 Å². The van der Waals surface area contributed by atoms with Gasteiger partial charge >= 0.3 is 5.97 Å². The second-order valence-electron chi connectivity index (χ2n) is 8.08. The third-order valence-electron chi connectivity index (χ3n) is 5.81. The molecule has 2 fully saturated rings. The predicted octanol–water partition coefficient (Wildman–Crippen LogP) is 3.07. The van der Waals surface area contributed by atoms with Crippen molar-refractivity contribution < 1.29 is 23.8 Å².